The van der Waals surface area contributed by atoms with Crippen LogP contribution in [0.5, 0.6) is 0 Å². The van der Waals surface area contributed by atoms with Gasteiger partial charge in [-0.1, -0.05) is 41.9 Å². The number of benzene rings is 2. The summed E-state index contributed by atoms with van der Waals surface area (Å²) in [5.41, 5.74) is 1.43. The minimum Gasteiger partial charge on any atom is -0.468 e. The Labute approximate surface area is 169 Å². The first-order chi connectivity index (χ1) is 13.5. The highest BCUT2D eigenvalue weighted by Crippen LogP contribution is 2.12. The molecular formula is C21H23ClN2O4. The number of hydrogen-bond donors (Lipinski definition) is 1. The highest BCUT2D eigenvalue weighted by atomic mass is 35.5. The Morgan fingerprint density at radius 1 is 1.04 bits per heavy atom. The van der Waals surface area contributed by atoms with Gasteiger partial charge in [0, 0.05) is 30.1 Å². The molecule has 0 aromatic heterocycles. The Hall–Kier alpha value is -2.86. The first-order valence-electron chi connectivity index (χ1n) is 8.92. The highest BCUT2D eigenvalue weighted by Gasteiger charge is 2.18. The molecule has 0 fully saturated rings. The van der Waals surface area contributed by atoms with Gasteiger partial charge in [-0.15, -0.1) is 0 Å². The number of amides is 2. The van der Waals surface area contributed by atoms with Crippen LogP contribution in [0.15, 0.2) is 54.6 Å². The zero-order chi connectivity index (χ0) is 20.4. The maximum absolute atomic E-state index is 12.6. The van der Waals surface area contributed by atoms with Gasteiger partial charge in [-0.05, 0) is 36.2 Å². The summed E-state index contributed by atoms with van der Waals surface area (Å²) < 4.78 is 4.68. The van der Waals surface area contributed by atoms with E-state index >= 15 is 0 Å². The van der Waals surface area contributed by atoms with Crippen molar-refractivity contribution in [2.45, 2.75) is 19.4 Å². The quantitative estimate of drug-likeness (QED) is 0.516. The third kappa shape index (κ3) is 7.04. The lowest BCUT2D eigenvalue weighted by Crippen LogP contribution is -2.36. The minimum absolute atomic E-state index is 0.131. The van der Waals surface area contributed by atoms with Gasteiger partial charge >= 0.3 is 5.97 Å². The Morgan fingerprint density at radius 2 is 1.71 bits per heavy atom. The maximum Gasteiger partial charge on any atom is 0.325 e. The zero-order valence-corrected chi connectivity index (χ0v) is 16.4. The van der Waals surface area contributed by atoms with Crippen LogP contribution in [0.3, 0.4) is 0 Å². The lowest BCUT2D eigenvalue weighted by atomic mass is 10.2. The Balaban J connectivity index is 1.86. The molecule has 0 saturated carbocycles. The third-order valence-corrected chi connectivity index (χ3v) is 4.33. The lowest BCUT2D eigenvalue weighted by Gasteiger charge is -2.21. The summed E-state index contributed by atoms with van der Waals surface area (Å²) in [6.45, 7) is 0.516. The van der Waals surface area contributed by atoms with Crippen molar-refractivity contribution in [2.75, 3.05) is 20.2 Å². The van der Waals surface area contributed by atoms with Gasteiger partial charge in [0.25, 0.3) is 5.91 Å². The molecule has 0 spiro atoms. The first kappa shape index (κ1) is 21.4. The molecule has 0 radical (unpaired) electrons. The van der Waals surface area contributed by atoms with E-state index in [4.69, 9.17) is 11.6 Å². The normalized spacial score (nSPS) is 10.2. The molecule has 0 aliphatic carbocycles. The highest BCUT2D eigenvalue weighted by molar-refractivity contribution is 6.30. The van der Waals surface area contributed by atoms with Crippen molar-refractivity contribution >= 4 is 29.4 Å². The molecule has 2 aromatic carbocycles. The molecule has 2 amide bonds. The monoisotopic (exact) mass is 402 g/mol. The zero-order valence-electron chi connectivity index (χ0n) is 15.7. The van der Waals surface area contributed by atoms with E-state index in [1.165, 1.54) is 12.0 Å². The number of halogens is 1. The van der Waals surface area contributed by atoms with Gasteiger partial charge in [-0.3, -0.25) is 14.4 Å². The fraction of sp³-hybridized carbons (Fsp3) is 0.286. The van der Waals surface area contributed by atoms with Gasteiger partial charge in [0.1, 0.15) is 6.54 Å². The van der Waals surface area contributed by atoms with Crippen LogP contribution in [0, 0.1) is 0 Å². The molecule has 0 heterocycles. The molecule has 0 unspecified atom stereocenters. The Kier molecular flexibility index (Phi) is 8.49. The van der Waals surface area contributed by atoms with Crippen molar-refractivity contribution in [3.63, 3.8) is 0 Å². The molecule has 2 aromatic rings. The van der Waals surface area contributed by atoms with Crippen LogP contribution in [-0.2, 0) is 20.9 Å². The molecule has 148 valence electrons. The Morgan fingerprint density at radius 3 is 2.36 bits per heavy atom. The van der Waals surface area contributed by atoms with E-state index in [0.29, 0.717) is 23.6 Å². The number of hydrogen-bond acceptors (Lipinski definition) is 4. The van der Waals surface area contributed by atoms with Crippen molar-refractivity contribution < 1.29 is 19.1 Å². The SMILES string of the molecule is COC(=O)CN(Cc1ccc(Cl)cc1)C(=O)CCCNC(=O)c1ccccc1. The summed E-state index contributed by atoms with van der Waals surface area (Å²) in [5, 5.41) is 3.39. The van der Waals surface area contributed by atoms with Gasteiger partial charge in [0.15, 0.2) is 0 Å². The van der Waals surface area contributed by atoms with Crippen molar-refractivity contribution in [3.8, 4) is 0 Å². The Bertz CT molecular complexity index is 794. The second kappa shape index (κ2) is 11.1. The molecule has 1 N–H and O–H groups in total. The van der Waals surface area contributed by atoms with E-state index < -0.39 is 5.97 Å². The predicted molar refractivity (Wildman–Crippen MR) is 107 cm³/mol. The lowest BCUT2D eigenvalue weighted by molar-refractivity contribution is -0.147. The van der Waals surface area contributed by atoms with Crippen LogP contribution in [-0.4, -0.2) is 42.9 Å². The summed E-state index contributed by atoms with van der Waals surface area (Å²) in [6.07, 6.45) is 0.676. The molecule has 0 aliphatic heterocycles. The van der Waals surface area contributed by atoms with Crippen molar-refractivity contribution in [1.29, 1.82) is 0 Å². The number of carbonyl (C=O) groups excluding carboxylic acids is 3. The number of nitrogens with one attached hydrogen (secondary N) is 1. The summed E-state index contributed by atoms with van der Waals surface area (Å²) in [7, 11) is 1.28. The number of carbonyl (C=O) groups is 3. The molecule has 0 atom stereocenters. The average Bonchev–Trinajstić information content (AvgIpc) is 2.72. The van der Waals surface area contributed by atoms with Gasteiger partial charge in [-0.2, -0.15) is 0 Å². The van der Waals surface area contributed by atoms with Crippen LogP contribution < -0.4 is 5.32 Å². The second-order valence-corrected chi connectivity index (χ2v) is 6.61. The fourth-order valence-electron chi connectivity index (χ4n) is 2.55. The summed E-state index contributed by atoms with van der Waals surface area (Å²) in [4.78, 5) is 37.6. The van der Waals surface area contributed by atoms with E-state index in [0.717, 1.165) is 5.56 Å². The molecule has 7 heteroatoms. The number of nitrogens with zero attached hydrogens (tertiary/aromatic N) is 1. The van der Waals surface area contributed by atoms with Crippen LogP contribution in [0.4, 0.5) is 0 Å². The number of esters is 1. The number of methoxy groups -OCH3 is 1. The topological polar surface area (TPSA) is 75.7 Å². The van der Waals surface area contributed by atoms with Gasteiger partial charge in [0.05, 0.1) is 7.11 Å². The van der Waals surface area contributed by atoms with Crippen LogP contribution >= 0.6 is 11.6 Å². The maximum atomic E-state index is 12.6. The van der Waals surface area contributed by atoms with E-state index in [9.17, 15) is 14.4 Å². The standard InChI is InChI=1S/C21H23ClN2O4/c1-28-20(26)15-24(14-16-9-11-18(22)12-10-16)19(25)8-5-13-23-21(27)17-6-3-2-4-7-17/h2-4,6-7,9-12H,5,8,13-15H2,1H3,(H,23,27). The first-order valence-corrected chi connectivity index (χ1v) is 9.29. The minimum atomic E-state index is -0.486. The molecule has 0 saturated heterocycles. The molecule has 6 nitrogen and oxygen atoms in total. The average molecular weight is 403 g/mol. The summed E-state index contributed by atoms with van der Waals surface area (Å²) in [6, 6.07) is 16.0. The van der Waals surface area contributed by atoms with E-state index in [1.54, 1.807) is 48.5 Å². The summed E-state index contributed by atoms with van der Waals surface area (Å²) >= 11 is 5.88. The van der Waals surface area contributed by atoms with Crippen molar-refractivity contribution in [2.24, 2.45) is 0 Å². The van der Waals surface area contributed by atoms with Gasteiger partial charge in [-0.25, -0.2) is 0 Å². The van der Waals surface area contributed by atoms with Crippen molar-refractivity contribution in [1.82, 2.24) is 10.2 Å². The second-order valence-electron chi connectivity index (χ2n) is 6.18. The van der Waals surface area contributed by atoms with E-state index in [-0.39, 0.29) is 31.3 Å². The summed E-state index contributed by atoms with van der Waals surface area (Å²) in [5.74, 6) is -0.852. The fourth-order valence-corrected chi connectivity index (χ4v) is 2.68. The molecule has 0 aliphatic rings. The smallest absolute Gasteiger partial charge is 0.325 e. The van der Waals surface area contributed by atoms with Gasteiger partial charge < -0.3 is 15.0 Å². The number of rotatable bonds is 9. The number of ether oxygens (including phenoxy) is 1. The van der Waals surface area contributed by atoms with Crippen LogP contribution in [0.1, 0.15) is 28.8 Å². The van der Waals surface area contributed by atoms with Gasteiger partial charge in [0.2, 0.25) is 5.91 Å². The largest absolute Gasteiger partial charge is 0.468 e. The molecule has 28 heavy (non-hydrogen) atoms. The predicted octanol–water partition coefficient (Wildman–Crippen LogP) is 3.05. The van der Waals surface area contributed by atoms with Crippen LogP contribution in [0.25, 0.3) is 0 Å². The van der Waals surface area contributed by atoms with E-state index in [2.05, 4.69) is 10.1 Å². The van der Waals surface area contributed by atoms with Crippen molar-refractivity contribution in [3.05, 3.63) is 70.7 Å². The molecule has 2 rings (SSSR count). The van der Waals surface area contributed by atoms with E-state index in [1.807, 2.05) is 6.07 Å². The van der Waals surface area contributed by atoms with Crippen LogP contribution in [0.2, 0.25) is 5.02 Å². The molecule has 0 bridgehead atoms. The molecular weight excluding hydrogens is 380 g/mol. The third-order valence-electron chi connectivity index (χ3n) is 4.08.